The minimum atomic E-state index is -2.41. The van der Waals surface area contributed by atoms with Crippen LogP contribution in [0.3, 0.4) is 0 Å². The molecular weight excluding hydrogens is 364 g/mol. The van der Waals surface area contributed by atoms with Gasteiger partial charge in [0.15, 0.2) is 23.3 Å². The third kappa shape index (κ3) is 2.38. The summed E-state index contributed by atoms with van der Waals surface area (Å²) in [6, 6.07) is 5.62. The first-order chi connectivity index (χ1) is 16.4. The van der Waals surface area contributed by atoms with E-state index in [1.54, 1.807) is 13.8 Å². The minimum absolute atomic E-state index is 0.282. The first-order valence-electron chi connectivity index (χ1n) is 12.3. The van der Waals surface area contributed by atoms with E-state index in [1.807, 2.05) is 34.9 Å². The van der Waals surface area contributed by atoms with E-state index in [4.69, 9.17) is 8.22 Å². The van der Waals surface area contributed by atoms with Crippen LogP contribution in [0.1, 0.15) is 27.6 Å². The van der Waals surface area contributed by atoms with Crippen molar-refractivity contribution in [1.82, 2.24) is 19.9 Å². The molecule has 0 fully saturated rings. The van der Waals surface area contributed by atoms with Crippen molar-refractivity contribution in [3.63, 3.8) is 0 Å². The number of benzene rings is 1. The molecule has 3 aromatic rings. The summed E-state index contributed by atoms with van der Waals surface area (Å²) >= 11 is 0. The van der Waals surface area contributed by atoms with Crippen LogP contribution >= 0.6 is 0 Å². The second kappa shape index (κ2) is 6.30. The fourth-order valence-corrected chi connectivity index (χ4v) is 4.03. The van der Waals surface area contributed by atoms with E-state index >= 15 is 0 Å². The second-order valence-electron chi connectivity index (χ2n) is 7.07. The van der Waals surface area contributed by atoms with Gasteiger partial charge in [0.25, 0.3) is 0 Å². The van der Waals surface area contributed by atoms with Crippen molar-refractivity contribution in [1.29, 1.82) is 0 Å². The molecule has 0 spiro atoms. The zero-order valence-electron chi connectivity index (χ0n) is 22.3. The van der Waals surface area contributed by atoms with Crippen LogP contribution in [0.4, 0.5) is 34.6 Å². The summed E-state index contributed by atoms with van der Waals surface area (Å²) in [4.78, 5) is 23.7. The fraction of sp³-hybridized carbons (Fsp3) is 0.333. The van der Waals surface area contributed by atoms with Gasteiger partial charge in [0, 0.05) is 58.3 Å². The van der Waals surface area contributed by atoms with Crippen LogP contribution in [0.5, 0.6) is 0 Å². The number of nitrogens with zero attached hydrogens (tertiary/aromatic N) is 8. The molecule has 29 heavy (non-hydrogen) atoms. The summed E-state index contributed by atoms with van der Waals surface area (Å²) in [7, 11) is 0. The average Bonchev–Trinajstić information content (AvgIpc) is 3.24. The maximum absolute atomic E-state index is 8.05. The average molecular weight is 395 g/mol. The maximum atomic E-state index is 8.05. The molecule has 8 heteroatoms. The van der Waals surface area contributed by atoms with Crippen molar-refractivity contribution in [2.24, 2.45) is 0 Å². The molecule has 0 radical (unpaired) electrons. The molecule has 2 aromatic heterocycles. The van der Waals surface area contributed by atoms with Crippen molar-refractivity contribution in [2.75, 3.05) is 33.6 Å². The lowest BCUT2D eigenvalue weighted by atomic mass is 10.1. The molecule has 148 valence electrons. The Bertz CT molecular complexity index is 1190. The Morgan fingerprint density at radius 1 is 0.724 bits per heavy atom. The van der Waals surface area contributed by atoms with Crippen LogP contribution in [0.15, 0.2) is 43.0 Å². The van der Waals surface area contributed by atoms with Gasteiger partial charge in [0.2, 0.25) is 0 Å². The highest BCUT2D eigenvalue weighted by molar-refractivity contribution is 5.85. The van der Waals surface area contributed by atoms with E-state index in [0.29, 0.717) is 11.6 Å². The molecule has 0 saturated carbocycles. The van der Waals surface area contributed by atoms with E-state index in [0.717, 1.165) is 16.9 Å². The van der Waals surface area contributed by atoms with Gasteiger partial charge >= 0.3 is 0 Å². The summed E-state index contributed by atoms with van der Waals surface area (Å²) in [5.41, 5.74) is 2.26. The van der Waals surface area contributed by atoms with Crippen LogP contribution in [0.2, 0.25) is 0 Å². The predicted molar refractivity (Wildman–Crippen MR) is 115 cm³/mol. The van der Waals surface area contributed by atoms with Gasteiger partial charge in [-0.3, -0.25) is 0 Å². The fourth-order valence-electron chi connectivity index (χ4n) is 4.03. The van der Waals surface area contributed by atoms with Gasteiger partial charge in [-0.25, -0.2) is 19.9 Å². The lowest BCUT2D eigenvalue weighted by Gasteiger charge is -2.32. The molecule has 0 amide bonds. The Morgan fingerprint density at radius 2 is 1.14 bits per heavy atom. The third-order valence-corrected chi connectivity index (χ3v) is 5.52. The van der Waals surface area contributed by atoms with E-state index in [-0.39, 0.29) is 11.6 Å². The molecule has 4 heterocycles. The topological polar surface area (TPSA) is 64.5 Å². The Labute approximate surface area is 178 Å². The largest absolute Gasteiger partial charge is 0.336 e. The summed E-state index contributed by atoms with van der Waals surface area (Å²) in [5, 5.41) is 0. The number of hydrogen-bond donors (Lipinski definition) is 0. The number of rotatable bonds is 2. The minimum Gasteiger partial charge on any atom is -0.336 e. The number of hydrogen-bond acceptors (Lipinski definition) is 8. The van der Waals surface area contributed by atoms with E-state index in [1.165, 1.54) is 34.6 Å². The lowest BCUT2D eigenvalue weighted by Crippen LogP contribution is -2.37. The molecule has 2 aliphatic heterocycles. The Balaban J connectivity index is 1.65. The molecule has 0 N–H and O–H groups in total. The Hall–Kier alpha value is -3.42. The highest BCUT2D eigenvalue weighted by Gasteiger charge is 2.38. The monoisotopic (exact) mass is 394 g/mol. The van der Waals surface area contributed by atoms with Crippen LogP contribution in [-0.4, -0.2) is 46.2 Å². The lowest BCUT2D eigenvalue weighted by molar-refractivity contribution is 0.718. The quantitative estimate of drug-likeness (QED) is 0.655. The molecule has 0 saturated heterocycles. The van der Waals surface area contributed by atoms with Gasteiger partial charge in [-0.05, 0) is 38.5 Å². The van der Waals surface area contributed by atoms with Gasteiger partial charge in [-0.15, -0.1) is 0 Å². The predicted octanol–water partition coefficient (Wildman–Crippen LogP) is 3.44. The van der Waals surface area contributed by atoms with Crippen LogP contribution in [0.25, 0.3) is 0 Å². The summed E-state index contributed by atoms with van der Waals surface area (Å²) in [6.45, 7) is 0.659. The molecule has 5 rings (SSSR count). The van der Waals surface area contributed by atoms with Gasteiger partial charge in [-0.1, -0.05) is 6.07 Å². The van der Waals surface area contributed by atoms with Gasteiger partial charge in [0.1, 0.15) is 12.3 Å². The van der Waals surface area contributed by atoms with Gasteiger partial charge < -0.3 is 19.6 Å². The first kappa shape index (κ1) is 12.2. The Kier molecular flexibility index (Phi) is 2.65. The van der Waals surface area contributed by atoms with Crippen molar-refractivity contribution in [3.05, 3.63) is 48.5 Å². The van der Waals surface area contributed by atoms with E-state index in [2.05, 4.69) is 19.9 Å². The summed E-state index contributed by atoms with van der Waals surface area (Å²) in [6.07, 6.45) is 4.84. The molecule has 1 aromatic carbocycles. The molecule has 2 aliphatic rings. The molecule has 0 bridgehead atoms. The van der Waals surface area contributed by atoms with Gasteiger partial charge in [0.05, 0.1) is 0 Å². The summed E-state index contributed by atoms with van der Waals surface area (Å²) in [5.74, 6) is 1.44. The number of fused-ring (bicyclic) bond motifs is 2. The number of aromatic nitrogens is 4. The van der Waals surface area contributed by atoms with Crippen LogP contribution in [-0.2, 0) is 0 Å². The van der Waals surface area contributed by atoms with Crippen molar-refractivity contribution in [3.8, 4) is 0 Å². The molecule has 2 atom stereocenters. The standard InChI is InChI=1S/C21H24N8/c1-13-16(28-14(2)26(4)18-20(28)24-11-9-22-18)7-6-8-17(13)29-15(3)27(5)19-21(29)25-12-10-23-19/h6-12,14-15H,1-5H3/t14-,15+/i4D3,5D3. The highest BCUT2D eigenvalue weighted by atomic mass is 15.5. The molecule has 0 unspecified atom stereocenters. The van der Waals surface area contributed by atoms with E-state index in [9.17, 15) is 0 Å². The van der Waals surface area contributed by atoms with E-state index < -0.39 is 26.3 Å². The molecule has 8 nitrogen and oxygen atoms in total. The van der Waals surface area contributed by atoms with Crippen molar-refractivity contribution in [2.45, 2.75) is 33.1 Å². The van der Waals surface area contributed by atoms with Crippen molar-refractivity contribution < 1.29 is 8.22 Å². The summed E-state index contributed by atoms with van der Waals surface area (Å²) < 4.78 is 48.3. The smallest absolute Gasteiger partial charge is 0.178 e. The zero-order chi connectivity index (χ0) is 25.3. The normalized spacial score (nSPS) is 24.2. The third-order valence-electron chi connectivity index (χ3n) is 5.52. The Morgan fingerprint density at radius 3 is 1.55 bits per heavy atom. The second-order valence-corrected chi connectivity index (χ2v) is 7.07. The van der Waals surface area contributed by atoms with Crippen LogP contribution in [0, 0.1) is 6.92 Å². The molecular formula is C21H24N8. The molecule has 0 aliphatic carbocycles. The SMILES string of the molecule is [2H]C([2H])([2H])N1c2nccnc2N(c2cccc(N3c4nccnc4N(C([2H])([2H])[2H])[C@H]3C)c2C)[C@H]1C. The maximum Gasteiger partial charge on any atom is 0.178 e. The zero-order valence-corrected chi connectivity index (χ0v) is 16.3. The first-order valence-corrected chi connectivity index (χ1v) is 9.31. The highest BCUT2D eigenvalue weighted by Crippen LogP contribution is 2.46. The van der Waals surface area contributed by atoms with Crippen LogP contribution < -0.4 is 19.6 Å². The number of anilines is 6. The van der Waals surface area contributed by atoms with Crippen molar-refractivity contribution >= 4 is 34.6 Å². The van der Waals surface area contributed by atoms with Gasteiger partial charge in [-0.2, -0.15) is 0 Å².